The lowest BCUT2D eigenvalue weighted by atomic mass is 10.1. The van der Waals surface area contributed by atoms with E-state index in [0.717, 1.165) is 18.7 Å². The standard InChI is InChI=1S/C18H19N5S2/c1-2-22(13-15-6-4-3-5-7-15)16-10-8-14(9-11-16)12-19-23-17(24)20-21-18(23)25/h3-12H,2,13H2,1H3,(H,20,24)(H,21,25)/b19-12-. The maximum Gasteiger partial charge on any atom is 0.215 e. The second kappa shape index (κ2) is 8.04. The zero-order valence-electron chi connectivity index (χ0n) is 13.8. The predicted molar refractivity (Wildman–Crippen MR) is 107 cm³/mol. The summed E-state index contributed by atoms with van der Waals surface area (Å²) >= 11 is 10.2. The number of aromatic amines is 2. The van der Waals surface area contributed by atoms with Crippen molar-refractivity contribution in [2.75, 3.05) is 11.4 Å². The fourth-order valence-corrected chi connectivity index (χ4v) is 2.93. The van der Waals surface area contributed by atoms with Gasteiger partial charge in [-0.05, 0) is 54.6 Å². The van der Waals surface area contributed by atoms with Crippen LogP contribution in [-0.4, -0.2) is 27.6 Å². The van der Waals surface area contributed by atoms with E-state index in [-0.39, 0.29) is 0 Å². The Morgan fingerprint density at radius 2 is 1.64 bits per heavy atom. The van der Waals surface area contributed by atoms with Crippen molar-refractivity contribution in [2.45, 2.75) is 13.5 Å². The molecule has 0 atom stereocenters. The van der Waals surface area contributed by atoms with Gasteiger partial charge in [-0.15, -0.1) is 0 Å². The van der Waals surface area contributed by atoms with Crippen LogP contribution in [0.2, 0.25) is 0 Å². The van der Waals surface area contributed by atoms with Crippen molar-refractivity contribution in [3.63, 3.8) is 0 Å². The van der Waals surface area contributed by atoms with Crippen LogP contribution in [0.1, 0.15) is 18.1 Å². The Balaban J connectivity index is 1.75. The van der Waals surface area contributed by atoms with Gasteiger partial charge in [-0.2, -0.15) is 9.78 Å². The molecule has 0 fully saturated rings. The number of H-pyrrole nitrogens is 2. The van der Waals surface area contributed by atoms with Crippen molar-refractivity contribution in [3.8, 4) is 0 Å². The van der Waals surface area contributed by atoms with Gasteiger partial charge in [-0.3, -0.25) is 10.2 Å². The molecule has 0 radical (unpaired) electrons. The van der Waals surface area contributed by atoms with Crippen LogP contribution in [0.4, 0.5) is 5.69 Å². The number of nitrogens with zero attached hydrogens (tertiary/aromatic N) is 3. The Labute approximate surface area is 156 Å². The van der Waals surface area contributed by atoms with Crippen molar-refractivity contribution in [1.29, 1.82) is 0 Å². The van der Waals surface area contributed by atoms with Crippen LogP contribution in [0.3, 0.4) is 0 Å². The molecule has 0 amide bonds. The maximum atomic E-state index is 5.11. The summed E-state index contributed by atoms with van der Waals surface area (Å²) < 4.78 is 2.36. The third-order valence-corrected chi connectivity index (χ3v) is 4.39. The highest BCUT2D eigenvalue weighted by Crippen LogP contribution is 2.17. The van der Waals surface area contributed by atoms with E-state index in [1.54, 1.807) is 6.21 Å². The van der Waals surface area contributed by atoms with Crippen molar-refractivity contribution in [2.24, 2.45) is 5.10 Å². The average molecular weight is 370 g/mol. The van der Waals surface area contributed by atoms with Crippen LogP contribution in [-0.2, 0) is 6.54 Å². The minimum Gasteiger partial charge on any atom is -0.367 e. The minimum absolute atomic E-state index is 0.442. The summed E-state index contributed by atoms with van der Waals surface area (Å²) in [4.78, 5) is 2.33. The molecule has 2 N–H and O–H groups in total. The van der Waals surface area contributed by atoms with Gasteiger partial charge in [0.25, 0.3) is 0 Å². The monoisotopic (exact) mass is 369 g/mol. The highest BCUT2D eigenvalue weighted by molar-refractivity contribution is 7.72. The van der Waals surface area contributed by atoms with Crippen molar-refractivity contribution < 1.29 is 0 Å². The van der Waals surface area contributed by atoms with Crippen LogP contribution in [0.15, 0.2) is 59.7 Å². The number of benzene rings is 2. The normalized spacial score (nSPS) is 11.1. The van der Waals surface area contributed by atoms with Crippen LogP contribution in [0.5, 0.6) is 0 Å². The van der Waals surface area contributed by atoms with E-state index in [1.165, 1.54) is 15.9 Å². The zero-order chi connectivity index (χ0) is 17.6. The van der Waals surface area contributed by atoms with Gasteiger partial charge in [0.05, 0.1) is 6.21 Å². The summed E-state index contributed by atoms with van der Waals surface area (Å²) in [7, 11) is 0. The SMILES string of the molecule is CCN(Cc1ccccc1)c1ccc(/C=N\n2c(=S)[nH][nH]c2=S)cc1. The summed E-state index contributed by atoms with van der Waals surface area (Å²) in [5, 5.41) is 9.82. The second-order valence-electron chi connectivity index (χ2n) is 5.51. The minimum atomic E-state index is 0.442. The summed E-state index contributed by atoms with van der Waals surface area (Å²) in [5.74, 6) is 0. The van der Waals surface area contributed by atoms with E-state index in [0.29, 0.717) is 9.54 Å². The van der Waals surface area contributed by atoms with Gasteiger partial charge in [0, 0.05) is 18.8 Å². The maximum absolute atomic E-state index is 5.11. The molecule has 0 spiro atoms. The van der Waals surface area contributed by atoms with Crippen LogP contribution in [0, 0.1) is 9.54 Å². The Bertz CT molecular complexity index is 924. The molecule has 1 heterocycles. The molecule has 3 aromatic rings. The molecule has 5 nitrogen and oxygen atoms in total. The molecule has 0 aliphatic carbocycles. The molecule has 0 aliphatic rings. The largest absolute Gasteiger partial charge is 0.367 e. The third-order valence-electron chi connectivity index (χ3n) is 3.84. The molecular formula is C18H19N5S2. The number of anilines is 1. The first-order valence-corrected chi connectivity index (χ1v) is 8.82. The van der Waals surface area contributed by atoms with Crippen molar-refractivity contribution in [3.05, 3.63) is 75.3 Å². The molecule has 1 aromatic heterocycles. The van der Waals surface area contributed by atoms with E-state index in [9.17, 15) is 0 Å². The topological polar surface area (TPSA) is 52.1 Å². The summed E-state index contributed by atoms with van der Waals surface area (Å²) in [6, 6.07) is 18.7. The first kappa shape index (κ1) is 17.3. The quantitative estimate of drug-likeness (QED) is 0.496. The van der Waals surface area contributed by atoms with Crippen molar-refractivity contribution in [1.82, 2.24) is 14.9 Å². The molecule has 7 heteroatoms. The Hall–Kier alpha value is -2.51. The van der Waals surface area contributed by atoms with Crippen LogP contribution >= 0.6 is 24.4 Å². The summed E-state index contributed by atoms with van der Waals surface area (Å²) in [5.41, 5.74) is 3.46. The van der Waals surface area contributed by atoms with E-state index in [2.05, 4.69) is 63.5 Å². The highest BCUT2D eigenvalue weighted by Gasteiger charge is 2.05. The van der Waals surface area contributed by atoms with Gasteiger partial charge in [0.2, 0.25) is 9.54 Å². The van der Waals surface area contributed by atoms with E-state index in [4.69, 9.17) is 24.4 Å². The lowest BCUT2D eigenvalue weighted by Crippen LogP contribution is -2.21. The van der Waals surface area contributed by atoms with E-state index >= 15 is 0 Å². The summed E-state index contributed by atoms with van der Waals surface area (Å²) in [6.07, 6.45) is 1.74. The number of hydrogen-bond acceptors (Lipinski definition) is 4. The molecule has 3 rings (SSSR count). The van der Waals surface area contributed by atoms with E-state index in [1.807, 2.05) is 18.2 Å². The lowest BCUT2D eigenvalue weighted by Gasteiger charge is -2.23. The molecular weight excluding hydrogens is 350 g/mol. The smallest absolute Gasteiger partial charge is 0.215 e. The zero-order valence-corrected chi connectivity index (χ0v) is 15.5. The Morgan fingerprint density at radius 3 is 2.24 bits per heavy atom. The average Bonchev–Trinajstić information content (AvgIpc) is 2.97. The van der Waals surface area contributed by atoms with E-state index < -0.39 is 0 Å². The third kappa shape index (κ3) is 4.32. The highest BCUT2D eigenvalue weighted by atomic mass is 32.1. The first-order chi connectivity index (χ1) is 12.2. The predicted octanol–water partition coefficient (Wildman–Crippen LogP) is 4.51. The number of rotatable bonds is 6. The van der Waals surface area contributed by atoms with Crippen LogP contribution < -0.4 is 4.90 Å². The van der Waals surface area contributed by atoms with Crippen molar-refractivity contribution >= 4 is 36.3 Å². The van der Waals surface area contributed by atoms with Gasteiger partial charge < -0.3 is 4.90 Å². The molecule has 0 bridgehead atoms. The first-order valence-electron chi connectivity index (χ1n) is 8.00. The number of aromatic nitrogens is 3. The molecule has 0 saturated carbocycles. The molecule has 0 saturated heterocycles. The van der Waals surface area contributed by atoms with Crippen LogP contribution in [0.25, 0.3) is 0 Å². The lowest BCUT2D eigenvalue weighted by molar-refractivity contribution is 0.832. The van der Waals surface area contributed by atoms with Gasteiger partial charge in [-0.25, -0.2) is 0 Å². The fourth-order valence-electron chi connectivity index (χ4n) is 2.50. The van der Waals surface area contributed by atoms with Gasteiger partial charge in [0.1, 0.15) is 0 Å². The fraction of sp³-hybridized carbons (Fsp3) is 0.167. The molecule has 128 valence electrons. The molecule has 0 aliphatic heterocycles. The Morgan fingerprint density at radius 1 is 1.00 bits per heavy atom. The number of hydrogen-bond donors (Lipinski definition) is 2. The summed E-state index contributed by atoms with van der Waals surface area (Å²) in [6.45, 7) is 3.99. The molecule has 2 aromatic carbocycles. The number of nitrogens with one attached hydrogen (secondary N) is 2. The Kier molecular flexibility index (Phi) is 5.57. The second-order valence-corrected chi connectivity index (χ2v) is 6.28. The molecule has 25 heavy (non-hydrogen) atoms. The molecule has 0 unspecified atom stereocenters. The van der Waals surface area contributed by atoms with Gasteiger partial charge in [-0.1, -0.05) is 42.5 Å². The van der Waals surface area contributed by atoms with Gasteiger partial charge >= 0.3 is 0 Å². The van der Waals surface area contributed by atoms with Gasteiger partial charge in [0.15, 0.2) is 0 Å².